The van der Waals surface area contributed by atoms with E-state index < -0.39 is 10.0 Å². The molecule has 24 heavy (non-hydrogen) atoms. The van der Waals surface area contributed by atoms with Gasteiger partial charge in [0.25, 0.3) is 5.91 Å². The molecule has 134 valence electrons. The minimum Gasteiger partial charge on any atom is -0.337 e. The lowest BCUT2D eigenvalue weighted by molar-refractivity contribution is 0.0762. The topological polar surface area (TPSA) is 60.9 Å². The second-order valence-electron chi connectivity index (χ2n) is 6.06. The number of likely N-dealkylation sites (N-methyl/N-ethyl adjacent to an activating group) is 1. The number of hydrogen-bond donors (Lipinski definition) is 0. The number of nitrogens with zero attached hydrogens (tertiary/aromatic N) is 3. The van der Waals surface area contributed by atoms with Gasteiger partial charge in [-0.3, -0.25) is 4.79 Å². The SMILES string of the molecule is CCN(CC)S(=O)(=O)c1ccc(C(=O)N2CCCN(C)CC2)cc1. The Morgan fingerprint density at radius 2 is 1.67 bits per heavy atom. The third-order valence-corrected chi connectivity index (χ3v) is 6.52. The van der Waals surface area contributed by atoms with Gasteiger partial charge in [0.15, 0.2) is 0 Å². The minimum atomic E-state index is -3.48. The first-order valence-corrected chi connectivity index (χ1v) is 9.92. The Bertz CT molecular complexity index is 654. The molecule has 1 saturated heterocycles. The largest absolute Gasteiger partial charge is 0.337 e. The zero-order valence-corrected chi connectivity index (χ0v) is 15.6. The summed E-state index contributed by atoms with van der Waals surface area (Å²) >= 11 is 0. The number of carbonyl (C=O) groups is 1. The van der Waals surface area contributed by atoms with Crippen LogP contribution < -0.4 is 0 Å². The average molecular weight is 353 g/mol. The van der Waals surface area contributed by atoms with E-state index in [0.717, 1.165) is 26.1 Å². The Morgan fingerprint density at radius 3 is 2.25 bits per heavy atom. The summed E-state index contributed by atoms with van der Waals surface area (Å²) < 4.78 is 26.4. The number of amides is 1. The normalized spacial score (nSPS) is 17.1. The van der Waals surface area contributed by atoms with Gasteiger partial charge in [-0.2, -0.15) is 4.31 Å². The van der Waals surface area contributed by atoms with Crippen molar-refractivity contribution in [2.45, 2.75) is 25.2 Å². The maximum absolute atomic E-state index is 12.6. The van der Waals surface area contributed by atoms with Crippen LogP contribution in [-0.2, 0) is 10.0 Å². The van der Waals surface area contributed by atoms with Crippen molar-refractivity contribution in [2.24, 2.45) is 0 Å². The highest BCUT2D eigenvalue weighted by atomic mass is 32.2. The van der Waals surface area contributed by atoms with E-state index in [-0.39, 0.29) is 10.8 Å². The molecule has 0 unspecified atom stereocenters. The lowest BCUT2D eigenvalue weighted by atomic mass is 10.2. The van der Waals surface area contributed by atoms with Crippen LogP contribution in [0.2, 0.25) is 0 Å². The molecular weight excluding hydrogens is 326 g/mol. The molecule has 0 aliphatic carbocycles. The van der Waals surface area contributed by atoms with Crippen LogP contribution in [0.3, 0.4) is 0 Å². The molecule has 0 aromatic heterocycles. The molecule has 2 rings (SSSR count). The molecule has 7 heteroatoms. The van der Waals surface area contributed by atoms with Crippen molar-refractivity contribution >= 4 is 15.9 Å². The highest BCUT2D eigenvalue weighted by molar-refractivity contribution is 7.89. The van der Waals surface area contributed by atoms with Crippen molar-refractivity contribution in [3.05, 3.63) is 29.8 Å². The van der Waals surface area contributed by atoms with Gasteiger partial charge in [0.2, 0.25) is 10.0 Å². The number of rotatable bonds is 5. The summed E-state index contributed by atoms with van der Waals surface area (Å²) in [7, 11) is -1.42. The van der Waals surface area contributed by atoms with Gasteiger partial charge in [0, 0.05) is 38.3 Å². The molecule has 6 nitrogen and oxygen atoms in total. The summed E-state index contributed by atoms with van der Waals surface area (Å²) in [4.78, 5) is 16.9. The fourth-order valence-corrected chi connectivity index (χ4v) is 4.37. The predicted molar refractivity (Wildman–Crippen MR) is 94.6 cm³/mol. The molecule has 1 aromatic rings. The summed E-state index contributed by atoms with van der Waals surface area (Å²) in [6, 6.07) is 6.30. The first-order chi connectivity index (χ1) is 11.4. The molecule has 0 atom stereocenters. The van der Waals surface area contributed by atoms with E-state index in [1.165, 1.54) is 16.4 Å². The molecule has 1 heterocycles. The monoisotopic (exact) mass is 353 g/mol. The zero-order valence-electron chi connectivity index (χ0n) is 14.7. The number of carbonyl (C=O) groups excluding carboxylic acids is 1. The lowest BCUT2D eigenvalue weighted by Crippen LogP contribution is -2.34. The van der Waals surface area contributed by atoms with Crippen molar-refractivity contribution in [1.82, 2.24) is 14.1 Å². The van der Waals surface area contributed by atoms with Gasteiger partial charge in [-0.15, -0.1) is 0 Å². The van der Waals surface area contributed by atoms with Gasteiger partial charge in [-0.05, 0) is 44.3 Å². The van der Waals surface area contributed by atoms with E-state index >= 15 is 0 Å². The summed E-state index contributed by atoms with van der Waals surface area (Å²) in [6.45, 7) is 7.79. The Kier molecular flexibility index (Phi) is 6.37. The van der Waals surface area contributed by atoms with Crippen LogP contribution in [0, 0.1) is 0 Å². The Morgan fingerprint density at radius 1 is 1.04 bits per heavy atom. The van der Waals surface area contributed by atoms with E-state index in [2.05, 4.69) is 11.9 Å². The van der Waals surface area contributed by atoms with Crippen LogP contribution in [0.1, 0.15) is 30.6 Å². The second-order valence-corrected chi connectivity index (χ2v) is 8.00. The average Bonchev–Trinajstić information content (AvgIpc) is 2.80. The summed E-state index contributed by atoms with van der Waals surface area (Å²) in [5.41, 5.74) is 0.540. The standard InChI is InChI=1S/C17H27N3O3S/c1-4-20(5-2)24(22,23)16-9-7-15(8-10-16)17(21)19-12-6-11-18(3)13-14-19/h7-10H,4-6,11-14H2,1-3H3. The number of hydrogen-bond acceptors (Lipinski definition) is 4. The number of benzene rings is 1. The molecule has 0 bridgehead atoms. The van der Waals surface area contributed by atoms with Crippen molar-refractivity contribution < 1.29 is 13.2 Å². The molecule has 1 aliphatic rings. The van der Waals surface area contributed by atoms with E-state index in [1.54, 1.807) is 12.1 Å². The van der Waals surface area contributed by atoms with Crippen LogP contribution in [0.5, 0.6) is 0 Å². The van der Waals surface area contributed by atoms with Gasteiger partial charge in [0.05, 0.1) is 4.90 Å². The molecule has 1 amide bonds. The maximum Gasteiger partial charge on any atom is 0.253 e. The van der Waals surface area contributed by atoms with Crippen LogP contribution in [0.4, 0.5) is 0 Å². The Balaban J connectivity index is 2.15. The fraction of sp³-hybridized carbons (Fsp3) is 0.588. The molecule has 1 aliphatic heterocycles. The van der Waals surface area contributed by atoms with E-state index in [4.69, 9.17) is 0 Å². The fourth-order valence-electron chi connectivity index (χ4n) is 2.91. The Hall–Kier alpha value is -1.44. The van der Waals surface area contributed by atoms with Crippen LogP contribution in [-0.4, -0.2) is 74.7 Å². The van der Waals surface area contributed by atoms with Gasteiger partial charge in [-0.1, -0.05) is 13.8 Å². The molecule has 1 aromatic carbocycles. The van der Waals surface area contributed by atoms with E-state index in [9.17, 15) is 13.2 Å². The molecule has 0 radical (unpaired) electrons. The van der Waals surface area contributed by atoms with Gasteiger partial charge >= 0.3 is 0 Å². The smallest absolute Gasteiger partial charge is 0.253 e. The lowest BCUT2D eigenvalue weighted by Gasteiger charge is -2.21. The third-order valence-electron chi connectivity index (χ3n) is 4.45. The summed E-state index contributed by atoms with van der Waals surface area (Å²) in [5.74, 6) is -0.0305. The van der Waals surface area contributed by atoms with Gasteiger partial charge in [0.1, 0.15) is 0 Å². The molecule has 0 N–H and O–H groups in total. The number of sulfonamides is 1. The quantitative estimate of drug-likeness (QED) is 0.805. The van der Waals surface area contributed by atoms with Crippen LogP contribution in [0.25, 0.3) is 0 Å². The first kappa shape index (κ1) is 18.9. The third kappa shape index (κ3) is 4.15. The Labute approximate surface area is 145 Å². The minimum absolute atomic E-state index is 0.0305. The predicted octanol–water partition coefficient (Wildman–Crippen LogP) is 1.49. The molecular formula is C17H27N3O3S. The second kappa shape index (κ2) is 8.09. The van der Waals surface area contributed by atoms with Crippen molar-refractivity contribution in [3.8, 4) is 0 Å². The van der Waals surface area contributed by atoms with Gasteiger partial charge in [-0.25, -0.2) is 8.42 Å². The van der Waals surface area contributed by atoms with Crippen LogP contribution in [0.15, 0.2) is 29.2 Å². The van der Waals surface area contributed by atoms with Crippen molar-refractivity contribution in [2.75, 3.05) is 46.3 Å². The van der Waals surface area contributed by atoms with E-state index in [0.29, 0.717) is 25.2 Å². The zero-order chi connectivity index (χ0) is 17.7. The first-order valence-electron chi connectivity index (χ1n) is 8.48. The summed E-state index contributed by atoms with van der Waals surface area (Å²) in [6.07, 6.45) is 0.955. The highest BCUT2D eigenvalue weighted by Crippen LogP contribution is 2.17. The molecule has 0 saturated carbocycles. The van der Waals surface area contributed by atoms with Gasteiger partial charge < -0.3 is 9.80 Å². The molecule has 1 fully saturated rings. The molecule has 0 spiro atoms. The van der Waals surface area contributed by atoms with Crippen LogP contribution >= 0.6 is 0 Å². The maximum atomic E-state index is 12.6. The summed E-state index contributed by atoms with van der Waals surface area (Å²) in [5, 5.41) is 0. The van der Waals surface area contributed by atoms with E-state index in [1.807, 2.05) is 18.7 Å². The highest BCUT2D eigenvalue weighted by Gasteiger charge is 2.23. The van der Waals surface area contributed by atoms with Crippen molar-refractivity contribution in [1.29, 1.82) is 0 Å². The van der Waals surface area contributed by atoms with Crippen molar-refractivity contribution in [3.63, 3.8) is 0 Å².